The topological polar surface area (TPSA) is 24.9 Å². The van der Waals surface area contributed by atoms with Crippen LogP contribution in [0.5, 0.6) is 0 Å². The predicted molar refractivity (Wildman–Crippen MR) is 70.2 cm³/mol. The summed E-state index contributed by atoms with van der Waals surface area (Å²) in [4.78, 5) is 3.85. The molecule has 3 heteroatoms. The third-order valence-corrected chi connectivity index (χ3v) is 4.03. The van der Waals surface area contributed by atoms with Gasteiger partial charge in [-0.1, -0.05) is 36.0 Å². The molecule has 0 saturated heterocycles. The molecular weight excluding hydrogens is 228 g/mol. The van der Waals surface area contributed by atoms with E-state index in [1.807, 2.05) is 42.9 Å². The van der Waals surface area contributed by atoms with E-state index in [1.165, 1.54) is 11.1 Å². The molecule has 2 aromatic rings. The first-order chi connectivity index (χ1) is 8.42. The summed E-state index contributed by atoms with van der Waals surface area (Å²) in [5.74, 6) is 0. The Morgan fingerprint density at radius 1 is 1.06 bits per heavy atom. The fraction of sp³-hybridized carbons (Fsp3) is 0.0714. The molecular formula is C14H11N2S. The van der Waals surface area contributed by atoms with Crippen molar-refractivity contribution in [3.05, 3.63) is 77.6 Å². The van der Waals surface area contributed by atoms with Crippen LogP contribution in [-0.4, -0.2) is 4.98 Å². The van der Waals surface area contributed by atoms with Gasteiger partial charge in [0.15, 0.2) is 0 Å². The lowest BCUT2D eigenvalue weighted by Gasteiger charge is -2.30. The van der Waals surface area contributed by atoms with Crippen LogP contribution in [0.1, 0.15) is 11.1 Å². The van der Waals surface area contributed by atoms with E-state index in [9.17, 15) is 0 Å². The second-order valence-corrected chi connectivity index (χ2v) is 4.89. The summed E-state index contributed by atoms with van der Waals surface area (Å²) >= 11 is 1.76. The maximum absolute atomic E-state index is 4.08. The molecule has 0 aliphatic carbocycles. The molecule has 83 valence electrons. The van der Waals surface area contributed by atoms with Gasteiger partial charge >= 0.3 is 0 Å². The Labute approximate surface area is 105 Å². The highest BCUT2D eigenvalue weighted by atomic mass is 32.2. The van der Waals surface area contributed by atoms with Crippen molar-refractivity contribution in [2.75, 3.05) is 0 Å². The van der Waals surface area contributed by atoms with Crippen LogP contribution >= 0.6 is 11.8 Å². The summed E-state index contributed by atoms with van der Waals surface area (Å²) in [5, 5.41) is 5.52. The lowest BCUT2D eigenvalue weighted by molar-refractivity contribution is 0.675. The SMILES string of the molecule is [c]1ccc(C2(c3ccncc3)NC=CS2)cc1. The third kappa shape index (κ3) is 1.72. The van der Waals surface area contributed by atoms with Gasteiger partial charge in [0.2, 0.25) is 0 Å². The Bertz CT molecular complexity index is 473. The number of thioether (sulfide) groups is 1. The molecule has 17 heavy (non-hydrogen) atoms. The van der Waals surface area contributed by atoms with Crippen molar-refractivity contribution in [1.82, 2.24) is 10.3 Å². The summed E-state index contributed by atoms with van der Waals surface area (Å²) in [7, 11) is 0. The molecule has 3 rings (SSSR count). The Balaban J connectivity index is 2.12. The molecule has 1 unspecified atom stereocenters. The Morgan fingerprint density at radius 2 is 1.76 bits per heavy atom. The van der Waals surface area contributed by atoms with E-state index in [4.69, 9.17) is 0 Å². The number of nitrogens with zero attached hydrogens (tertiary/aromatic N) is 1. The second-order valence-electron chi connectivity index (χ2n) is 3.77. The maximum Gasteiger partial charge on any atom is 0.139 e. The van der Waals surface area contributed by atoms with E-state index < -0.39 is 0 Å². The van der Waals surface area contributed by atoms with Crippen LogP contribution in [0.25, 0.3) is 0 Å². The molecule has 1 N–H and O–H groups in total. The number of benzene rings is 1. The van der Waals surface area contributed by atoms with Crippen LogP contribution in [0.3, 0.4) is 0 Å². The van der Waals surface area contributed by atoms with Gasteiger partial charge in [-0.3, -0.25) is 4.98 Å². The first-order valence-corrected chi connectivity index (χ1v) is 6.27. The minimum Gasteiger partial charge on any atom is -0.369 e. The van der Waals surface area contributed by atoms with Gasteiger partial charge in [0.1, 0.15) is 4.87 Å². The number of nitrogens with one attached hydrogen (secondary N) is 1. The van der Waals surface area contributed by atoms with E-state index in [0.717, 1.165) is 0 Å². The first-order valence-electron chi connectivity index (χ1n) is 5.39. The number of pyridine rings is 1. The molecule has 0 bridgehead atoms. The second kappa shape index (κ2) is 4.26. The Morgan fingerprint density at radius 3 is 2.41 bits per heavy atom. The van der Waals surface area contributed by atoms with Crippen molar-refractivity contribution < 1.29 is 0 Å². The highest BCUT2D eigenvalue weighted by Crippen LogP contribution is 2.43. The molecule has 0 spiro atoms. The van der Waals surface area contributed by atoms with E-state index in [2.05, 4.69) is 33.9 Å². The van der Waals surface area contributed by atoms with Gasteiger partial charge in [-0.15, -0.1) is 0 Å². The van der Waals surface area contributed by atoms with Gasteiger partial charge in [0.05, 0.1) is 0 Å². The van der Waals surface area contributed by atoms with Crippen molar-refractivity contribution in [1.29, 1.82) is 0 Å². The molecule has 0 amide bonds. The summed E-state index contributed by atoms with van der Waals surface area (Å²) in [6.07, 6.45) is 5.64. The minimum atomic E-state index is -0.224. The van der Waals surface area contributed by atoms with E-state index >= 15 is 0 Å². The van der Waals surface area contributed by atoms with Gasteiger partial charge < -0.3 is 5.32 Å². The molecule has 1 radical (unpaired) electrons. The molecule has 0 saturated carbocycles. The molecule has 1 aromatic carbocycles. The van der Waals surface area contributed by atoms with Gasteiger partial charge in [-0.2, -0.15) is 0 Å². The average Bonchev–Trinajstić information content (AvgIpc) is 2.91. The maximum atomic E-state index is 4.08. The summed E-state index contributed by atoms with van der Waals surface area (Å²) in [5.41, 5.74) is 2.42. The number of aromatic nitrogens is 1. The summed E-state index contributed by atoms with van der Waals surface area (Å²) in [6.45, 7) is 0. The highest BCUT2D eigenvalue weighted by Gasteiger charge is 2.35. The minimum absolute atomic E-state index is 0.224. The third-order valence-electron chi connectivity index (χ3n) is 2.81. The van der Waals surface area contributed by atoms with Crippen molar-refractivity contribution >= 4 is 11.8 Å². The van der Waals surface area contributed by atoms with Crippen LogP contribution in [0.4, 0.5) is 0 Å². The van der Waals surface area contributed by atoms with Crippen LogP contribution in [0.2, 0.25) is 0 Å². The van der Waals surface area contributed by atoms with Gasteiger partial charge in [-0.25, -0.2) is 0 Å². The van der Waals surface area contributed by atoms with Crippen LogP contribution in [0, 0.1) is 6.07 Å². The highest BCUT2D eigenvalue weighted by molar-refractivity contribution is 8.03. The number of rotatable bonds is 2. The van der Waals surface area contributed by atoms with Crippen molar-refractivity contribution in [2.24, 2.45) is 0 Å². The van der Waals surface area contributed by atoms with E-state index in [0.29, 0.717) is 0 Å². The molecule has 1 aliphatic heterocycles. The van der Waals surface area contributed by atoms with Gasteiger partial charge in [0.25, 0.3) is 0 Å². The van der Waals surface area contributed by atoms with Gasteiger partial charge in [0, 0.05) is 18.6 Å². The number of hydrogen-bond donors (Lipinski definition) is 1. The zero-order valence-electron chi connectivity index (χ0n) is 9.13. The first kappa shape index (κ1) is 10.4. The van der Waals surface area contributed by atoms with E-state index in [1.54, 1.807) is 11.8 Å². The van der Waals surface area contributed by atoms with Gasteiger partial charge in [-0.05, 0) is 34.7 Å². The summed E-state index contributed by atoms with van der Waals surface area (Å²) in [6, 6.07) is 15.2. The molecule has 0 fully saturated rings. The molecule has 2 heterocycles. The molecule has 1 aliphatic rings. The summed E-state index contributed by atoms with van der Waals surface area (Å²) < 4.78 is 0. The largest absolute Gasteiger partial charge is 0.369 e. The molecule has 1 aromatic heterocycles. The number of hydrogen-bond acceptors (Lipinski definition) is 3. The fourth-order valence-electron chi connectivity index (χ4n) is 2.00. The van der Waals surface area contributed by atoms with E-state index in [-0.39, 0.29) is 4.87 Å². The normalized spacial score (nSPS) is 22.4. The smallest absolute Gasteiger partial charge is 0.139 e. The van der Waals surface area contributed by atoms with Crippen molar-refractivity contribution in [2.45, 2.75) is 4.87 Å². The standard InChI is InChI=1S/C14H11N2S/c1-2-4-12(5-3-1)14(16-10-11-17-14)13-6-8-15-9-7-13/h2-11,16H. The predicted octanol–water partition coefficient (Wildman–Crippen LogP) is 2.89. The zero-order valence-corrected chi connectivity index (χ0v) is 9.95. The lowest BCUT2D eigenvalue weighted by atomic mass is 9.99. The van der Waals surface area contributed by atoms with Crippen LogP contribution in [-0.2, 0) is 4.87 Å². The molecule has 2 nitrogen and oxygen atoms in total. The van der Waals surface area contributed by atoms with Crippen molar-refractivity contribution in [3.63, 3.8) is 0 Å². The fourth-order valence-corrected chi connectivity index (χ4v) is 3.02. The van der Waals surface area contributed by atoms with Crippen LogP contribution < -0.4 is 5.32 Å². The monoisotopic (exact) mass is 239 g/mol. The van der Waals surface area contributed by atoms with Crippen molar-refractivity contribution in [3.8, 4) is 0 Å². The molecule has 1 atom stereocenters. The zero-order chi connectivity index (χ0) is 11.6. The van der Waals surface area contributed by atoms with Crippen LogP contribution in [0.15, 0.2) is 60.4 Å². The average molecular weight is 239 g/mol. The Hall–Kier alpha value is -1.74. The Kier molecular flexibility index (Phi) is 2.61. The quantitative estimate of drug-likeness (QED) is 0.872. The lowest BCUT2D eigenvalue weighted by Crippen LogP contribution is -2.33.